The first-order chi connectivity index (χ1) is 13.1. The molecular formula is C18H22N4O4S. The summed E-state index contributed by atoms with van der Waals surface area (Å²) < 4.78 is 9.85. The van der Waals surface area contributed by atoms with Gasteiger partial charge in [-0.1, -0.05) is 0 Å². The van der Waals surface area contributed by atoms with Gasteiger partial charge >= 0.3 is 12.1 Å². The van der Waals surface area contributed by atoms with Crippen LogP contribution in [-0.4, -0.2) is 72.0 Å². The Hall–Kier alpha value is -2.31. The second-order valence-electron chi connectivity index (χ2n) is 6.50. The minimum atomic E-state index is -0.650. The highest BCUT2D eigenvalue weighted by molar-refractivity contribution is 7.98. The van der Waals surface area contributed by atoms with Crippen LogP contribution in [0.1, 0.15) is 24.1 Å². The first kappa shape index (κ1) is 19.5. The van der Waals surface area contributed by atoms with Gasteiger partial charge in [-0.3, -0.25) is 9.80 Å². The molecule has 0 N–H and O–H groups in total. The Labute approximate surface area is 162 Å². The van der Waals surface area contributed by atoms with Crippen LogP contribution in [0.15, 0.2) is 17.2 Å². The van der Waals surface area contributed by atoms with E-state index in [9.17, 15) is 9.59 Å². The van der Waals surface area contributed by atoms with Gasteiger partial charge in [-0.15, -0.1) is 11.8 Å². The summed E-state index contributed by atoms with van der Waals surface area (Å²) in [5.41, 5.74) is 1.51. The lowest BCUT2D eigenvalue weighted by Crippen LogP contribution is -2.51. The number of rotatable bonds is 5. The average Bonchev–Trinajstić information content (AvgIpc) is 3.09. The summed E-state index contributed by atoms with van der Waals surface area (Å²) in [6.45, 7) is 2.33. The number of carbonyl (C=O) groups excluding carboxylic acids is 2. The standard InChI is InChI=1S/C18H22N4O4S/c1-25-17(23)15-11-26-18(24)22(15)14-5-7-21(8-6-14)10-13-4-3-12(9-19)16(20-13)27-2/h3-4,14-15H,5-8,10-11H2,1-2H3. The van der Waals surface area contributed by atoms with E-state index < -0.39 is 18.1 Å². The number of aromatic nitrogens is 1. The molecule has 2 saturated heterocycles. The number of pyridine rings is 1. The summed E-state index contributed by atoms with van der Waals surface area (Å²) in [6, 6.07) is 5.16. The fourth-order valence-corrected chi connectivity index (χ4v) is 4.09. The van der Waals surface area contributed by atoms with Crippen molar-refractivity contribution < 1.29 is 19.1 Å². The zero-order valence-electron chi connectivity index (χ0n) is 15.4. The van der Waals surface area contributed by atoms with Crippen molar-refractivity contribution in [3.8, 4) is 6.07 Å². The van der Waals surface area contributed by atoms with E-state index in [1.54, 1.807) is 0 Å². The highest BCUT2D eigenvalue weighted by Crippen LogP contribution is 2.25. The average molecular weight is 390 g/mol. The molecule has 27 heavy (non-hydrogen) atoms. The molecule has 0 spiro atoms. The highest BCUT2D eigenvalue weighted by atomic mass is 32.2. The van der Waals surface area contributed by atoms with Crippen molar-refractivity contribution in [2.45, 2.75) is 36.5 Å². The third-order valence-corrected chi connectivity index (χ3v) is 5.65. The number of thioether (sulfide) groups is 1. The highest BCUT2D eigenvalue weighted by Gasteiger charge is 2.43. The number of hydrogen-bond donors (Lipinski definition) is 0. The van der Waals surface area contributed by atoms with Crippen LogP contribution in [0.4, 0.5) is 4.79 Å². The van der Waals surface area contributed by atoms with Gasteiger partial charge in [0.1, 0.15) is 17.7 Å². The van der Waals surface area contributed by atoms with Crippen LogP contribution in [0, 0.1) is 11.3 Å². The van der Waals surface area contributed by atoms with Gasteiger partial charge in [-0.25, -0.2) is 14.6 Å². The van der Waals surface area contributed by atoms with Gasteiger partial charge in [0, 0.05) is 25.7 Å². The van der Waals surface area contributed by atoms with Crippen molar-refractivity contribution in [2.75, 3.05) is 33.1 Å². The van der Waals surface area contributed by atoms with Crippen molar-refractivity contribution in [1.29, 1.82) is 5.26 Å². The summed E-state index contributed by atoms with van der Waals surface area (Å²) in [5, 5.41) is 9.85. The maximum Gasteiger partial charge on any atom is 0.410 e. The number of esters is 1. The van der Waals surface area contributed by atoms with Gasteiger partial charge < -0.3 is 9.47 Å². The van der Waals surface area contributed by atoms with Crippen molar-refractivity contribution >= 4 is 23.8 Å². The molecule has 0 aliphatic carbocycles. The van der Waals surface area contributed by atoms with E-state index in [4.69, 9.17) is 14.7 Å². The molecule has 1 aromatic heterocycles. The van der Waals surface area contributed by atoms with E-state index in [2.05, 4.69) is 16.0 Å². The quantitative estimate of drug-likeness (QED) is 0.553. The molecule has 144 valence electrons. The van der Waals surface area contributed by atoms with E-state index in [0.717, 1.165) is 36.7 Å². The normalized spacial score (nSPS) is 21.0. The van der Waals surface area contributed by atoms with Gasteiger partial charge in [-0.05, 0) is 31.2 Å². The van der Waals surface area contributed by atoms with Crippen LogP contribution in [-0.2, 0) is 20.8 Å². The number of nitriles is 1. The third-order valence-electron chi connectivity index (χ3n) is 4.95. The molecule has 1 atom stereocenters. The van der Waals surface area contributed by atoms with Crippen LogP contribution in [0.5, 0.6) is 0 Å². The molecule has 1 amide bonds. The number of cyclic esters (lactones) is 1. The number of methoxy groups -OCH3 is 1. The molecule has 1 aromatic rings. The third kappa shape index (κ3) is 4.17. The molecule has 8 nitrogen and oxygen atoms in total. The van der Waals surface area contributed by atoms with E-state index in [1.807, 2.05) is 18.4 Å². The number of nitrogens with zero attached hydrogens (tertiary/aromatic N) is 4. The number of carbonyl (C=O) groups is 2. The molecule has 0 saturated carbocycles. The summed E-state index contributed by atoms with van der Waals surface area (Å²) >= 11 is 1.46. The molecule has 3 heterocycles. The first-order valence-electron chi connectivity index (χ1n) is 8.76. The van der Waals surface area contributed by atoms with Gasteiger partial charge in [0.2, 0.25) is 0 Å². The smallest absolute Gasteiger partial charge is 0.410 e. The number of likely N-dealkylation sites (tertiary alicyclic amines) is 1. The lowest BCUT2D eigenvalue weighted by molar-refractivity contribution is -0.146. The lowest BCUT2D eigenvalue weighted by Gasteiger charge is -2.37. The number of amides is 1. The molecule has 0 bridgehead atoms. The summed E-state index contributed by atoms with van der Waals surface area (Å²) in [6.07, 6.45) is 2.98. The van der Waals surface area contributed by atoms with E-state index in [0.29, 0.717) is 12.1 Å². The molecule has 2 fully saturated rings. The Morgan fingerprint density at radius 1 is 1.44 bits per heavy atom. The molecule has 9 heteroatoms. The zero-order chi connectivity index (χ0) is 19.4. The van der Waals surface area contributed by atoms with Crippen molar-refractivity contribution in [1.82, 2.24) is 14.8 Å². The number of piperidine rings is 1. The van der Waals surface area contributed by atoms with Gasteiger partial charge in [0.15, 0.2) is 6.04 Å². The van der Waals surface area contributed by atoms with E-state index in [1.165, 1.54) is 23.8 Å². The molecule has 2 aliphatic heterocycles. The zero-order valence-corrected chi connectivity index (χ0v) is 16.2. The largest absolute Gasteiger partial charge is 0.467 e. The SMILES string of the molecule is COC(=O)C1COC(=O)N1C1CCN(Cc2ccc(C#N)c(SC)n2)CC1. The molecule has 0 aromatic carbocycles. The predicted molar refractivity (Wildman–Crippen MR) is 98.0 cm³/mol. The maximum atomic E-state index is 12.1. The summed E-state index contributed by atoms with van der Waals surface area (Å²) in [4.78, 5) is 32.3. The summed E-state index contributed by atoms with van der Waals surface area (Å²) in [5.74, 6) is -0.436. The monoisotopic (exact) mass is 390 g/mol. The minimum absolute atomic E-state index is 0.0315. The second kappa shape index (κ2) is 8.59. The van der Waals surface area contributed by atoms with Gasteiger partial charge in [-0.2, -0.15) is 5.26 Å². The molecule has 1 unspecified atom stereocenters. The molecule has 2 aliphatic rings. The Morgan fingerprint density at radius 3 is 2.81 bits per heavy atom. The fraction of sp³-hybridized carbons (Fsp3) is 0.556. The Kier molecular flexibility index (Phi) is 6.19. The summed E-state index contributed by atoms with van der Waals surface area (Å²) in [7, 11) is 1.32. The van der Waals surface area contributed by atoms with Crippen LogP contribution in [0.2, 0.25) is 0 Å². The van der Waals surface area contributed by atoms with Crippen LogP contribution >= 0.6 is 11.8 Å². The van der Waals surface area contributed by atoms with Crippen molar-refractivity contribution in [3.05, 3.63) is 23.4 Å². The Balaban J connectivity index is 1.60. The van der Waals surface area contributed by atoms with Gasteiger partial charge in [0.05, 0.1) is 18.4 Å². The lowest BCUT2D eigenvalue weighted by atomic mass is 10.0. The van der Waals surface area contributed by atoms with Crippen LogP contribution in [0.3, 0.4) is 0 Å². The van der Waals surface area contributed by atoms with E-state index >= 15 is 0 Å². The van der Waals surface area contributed by atoms with Gasteiger partial charge in [0.25, 0.3) is 0 Å². The first-order valence-corrected chi connectivity index (χ1v) is 9.99. The fourth-order valence-electron chi connectivity index (χ4n) is 3.55. The number of ether oxygens (including phenoxy) is 2. The topological polar surface area (TPSA) is 95.8 Å². The second-order valence-corrected chi connectivity index (χ2v) is 7.30. The molecule has 0 radical (unpaired) electrons. The van der Waals surface area contributed by atoms with Crippen LogP contribution < -0.4 is 0 Å². The van der Waals surface area contributed by atoms with Crippen molar-refractivity contribution in [2.24, 2.45) is 0 Å². The Bertz CT molecular complexity index is 758. The van der Waals surface area contributed by atoms with Crippen molar-refractivity contribution in [3.63, 3.8) is 0 Å². The van der Waals surface area contributed by atoms with E-state index in [-0.39, 0.29) is 12.6 Å². The molecule has 3 rings (SSSR count). The van der Waals surface area contributed by atoms with Crippen LogP contribution in [0.25, 0.3) is 0 Å². The maximum absolute atomic E-state index is 12.1. The predicted octanol–water partition coefficient (Wildman–Crippen LogP) is 1.63. The Morgan fingerprint density at radius 2 is 2.19 bits per heavy atom. The minimum Gasteiger partial charge on any atom is -0.467 e. The molecular weight excluding hydrogens is 368 g/mol. The number of hydrogen-bond acceptors (Lipinski definition) is 8.